The maximum Gasteiger partial charge on any atom is 0.224 e. The van der Waals surface area contributed by atoms with Crippen LogP contribution in [0.5, 0.6) is 0 Å². The van der Waals surface area contributed by atoms with Crippen LogP contribution in [-0.4, -0.2) is 74.9 Å². The maximum atomic E-state index is 12.5. The Labute approximate surface area is 139 Å². The lowest BCUT2D eigenvalue weighted by Gasteiger charge is -2.29. The number of unbranched alkanes of at least 4 members (excludes halogenated alkanes) is 1. The van der Waals surface area contributed by atoms with Gasteiger partial charge in [-0.3, -0.25) is 4.79 Å². The second kappa shape index (κ2) is 7.48. The SMILES string of the molecule is CCCCN(C(=O)CCN1CCCS1(=O)=O)C1CCS(=O)(=O)C1. The van der Waals surface area contributed by atoms with Crippen LogP contribution in [0.25, 0.3) is 0 Å². The highest BCUT2D eigenvalue weighted by Gasteiger charge is 2.35. The summed E-state index contributed by atoms with van der Waals surface area (Å²) in [6.07, 6.45) is 2.96. The van der Waals surface area contributed by atoms with Crippen LogP contribution in [0.2, 0.25) is 0 Å². The Kier molecular flexibility index (Phi) is 6.07. The zero-order valence-electron chi connectivity index (χ0n) is 13.6. The fraction of sp³-hybridized carbons (Fsp3) is 0.929. The first-order valence-corrected chi connectivity index (χ1v) is 11.7. The summed E-state index contributed by atoms with van der Waals surface area (Å²) in [7, 11) is -6.24. The Hall–Kier alpha value is -0.670. The Morgan fingerprint density at radius 2 is 1.96 bits per heavy atom. The second-order valence-corrected chi connectivity index (χ2v) is 10.6. The number of hydrogen-bond donors (Lipinski definition) is 0. The summed E-state index contributed by atoms with van der Waals surface area (Å²) < 4.78 is 48.3. The summed E-state index contributed by atoms with van der Waals surface area (Å²) in [6, 6.07) is -0.255. The molecule has 2 heterocycles. The quantitative estimate of drug-likeness (QED) is 0.643. The lowest BCUT2D eigenvalue weighted by Crippen LogP contribution is -2.43. The first-order chi connectivity index (χ1) is 10.7. The molecule has 1 unspecified atom stereocenters. The Balaban J connectivity index is 1.96. The summed E-state index contributed by atoms with van der Waals surface area (Å²) in [5, 5.41) is 0. The van der Waals surface area contributed by atoms with Gasteiger partial charge in [0.25, 0.3) is 0 Å². The van der Waals surface area contributed by atoms with E-state index in [1.807, 2.05) is 6.92 Å². The number of sulfonamides is 1. The molecule has 2 saturated heterocycles. The molecule has 0 saturated carbocycles. The number of nitrogens with zero attached hydrogens (tertiary/aromatic N) is 2. The normalized spacial score (nSPS) is 26.4. The molecular formula is C14H26N2O5S2. The van der Waals surface area contributed by atoms with E-state index in [0.29, 0.717) is 25.9 Å². The van der Waals surface area contributed by atoms with Gasteiger partial charge in [0.2, 0.25) is 15.9 Å². The number of amides is 1. The van der Waals surface area contributed by atoms with Gasteiger partial charge >= 0.3 is 0 Å². The molecule has 2 aliphatic rings. The minimum absolute atomic E-state index is 0.0322. The van der Waals surface area contributed by atoms with E-state index in [1.54, 1.807) is 4.90 Å². The van der Waals surface area contributed by atoms with Crippen LogP contribution >= 0.6 is 0 Å². The van der Waals surface area contributed by atoms with E-state index in [-0.39, 0.29) is 42.2 Å². The van der Waals surface area contributed by atoms with Crippen LogP contribution in [0.4, 0.5) is 0 Å². The number of rotatable bonds is 7. The van der Waals surface area contributed by atoms with Gasteiger partial charge in [0.1, 0.15) is 0 Å². The molecule has 1 atom stereocenters. The van der Waals surface area contributed by atoms with Crippen LogP contribution in [-0.2, 0) is 24.7 Å². The van der Waals surface area contributed by atoms with Crippen molar-refractivity contribution in [2.24, 2.45) is 0 Å². The summed E-state index contributed by atoms with van der Waals surface area (Å²) in [5.41, 5.74) is 0. The molecule has 2 rings (SSSR count). The molecule has 0 aromatic carbocycles. The minimum atomic E-state index is -3.20. The monoisotopic (exact) mass is 366 g/mol. The topological polar surface area (TPSA) is 91.8 Å². The highest BCUT2D eigenvalue weighted by atomic mass is 32.2. The summed E-state index contributed by atoms with van der Waals surface area (Å²) in [6.45, 7) is 3.23. The van der Waals surface area contributed by atoms with Gasteiger partial charge in [-0.15, -0.1) is 0 Å². The lowest BCUT2D eigenvalue weighted by atomic mass is 10.2. The van der Waals surface area contributed by atoms with Crippen molar-refractivity contribution in [1.82, 2.24) is 9.21 Å². The van der Waals surface area contributed by atoms with Crippen molar-refractivity contribution < 1.29 is 21.6 Å². The third kappa shape index (κ3) is 4.90. The maximum absolute atomic E-state index is 12.5. The summed E-state index contributed by atoms with van der Waals surface area (Å²) >= 11 is 0. The van der Waals surface area contributed by atoms with Crippen molar-refractivity contribution in [2.75, 3.05) is 36.9 Å². The molecule has 0 N–H and O–H groups in total. The van der Waals surface area contributed by atoms with Gasteiger partial charge in [-0.05, 0) is 19.3 Å². The molecule has 2 aliphatic heterocycles. The molecule has 1 amide bonds. The average molecular weight is 367 g/mol. The highest BCUT2D eigenvalue weighted by molar-refractivity contribution is 7.91. The van der Waals surface area contributed by atoms with Crippen LogP contribution in [0.15, 0.2) is 0 Å². The van der Waals surface area contributed by atoms with Gasteiger partial charge in [0, 0.05) is 32.1 Å². The van der Waals surface area contributed by atoms with Crippen molar-refractivity contribution in [2.45, 2.75) is 45.1 Å². The molecule has 0 aromatic heterocycles. The van der Waals surface area contributed by atoms with Crippen molar-refractivity contribution in [1.29, 1.82) is 0 Å². The number of carbonyl (C=O) groups is 1. The molecule has 0 aliphatic carbocycles. The zero-order valence-corrected chi connectivity index (χ0v) is 15.2. The van der Waals surface area contributed by atoms with Gasteiger partial charge < -0.3 is 4.90 Å². The van der Waals surface area contributed by atoms with Crippen molar-refractivity contribution in [3.8, 4) is 0 Å². The molecule has 9 heteroatoms. The lowest BCUT2D eigenvalue weighted by molar-refractivity contribution is -0.133. The van der Waals surface area contributed by atoms with E-state index in [9.17, 15) is 21.6 Å². The Morgan fingerprint density at radius 3 is 2.48 bits per heavy atom. The number of hydrogen-bond acceptors (Lipinski definition) is 5. The van der Waals surface area contributed by atoms with Gasteiger partial charge in [-0.25, -0.2) is 21.1 Å². The molecule has 134 valence electrons. The number of sulfone groups is 1. The predicted octanol–water partition coefficient (Wildman–Crippen LogP) is 0.228. The van der Waals surface area contributed by atoms with E-state index >= 15 is 0 Å². The molecule has 23 heavy (non-hydrogen) atoms. The largest absolute Gasteiger partial charge is 0.339 e. The van der Waals surface area contributed by atoms with Crippen LogP contribution in [0, 0.1) is 0 Å². The van der Waals surface area contributed by atoms with Gasteiger partial charge in [-0.1, -0.05) is 13.3 Å². The molecule has 0 bridgehead atoms. The molecule has 7 nitrogen and oxygen atoms in total. The van der Waals surface area contributed by atoms with Crippen LogP contribution in [0.1, 0.15) is 39.0 Å². The Morgan fingerprint density at radius 1 is 1.22 bits per heavy atom. The predicted molar refractivity (Wildman–Crippen MR) is 88.3 cm³/mol. The fourth-order valence-corrected chi connectivity index (χ4v) is 6.43. The average Bonchev–Trinajstić information content (AvgIpc) is 2.99. The van der Waals surface area contributed by atoms with E-state index in [2.05, 4.69) is 0 Å². The third-order valence-corrected chi connectivity index (χ3v) is 8.21. The van der Waals surface area contributed by atoms with Crippen LogP contribution in [0.3, 0.4) is 0 Å². The van der Waals surface area contributed by atoms with E-state index in [4.69, 9.17) is 0 Å². The fourth-order valence-electron chi connectivity index (χ4n) is 3.17. The first kappa shape index (κ1) is 18.7. The molecule has 0 radical (unpaired) electrons. The van der Waals surface area contributed by atoms with Gasteiger partial charge in [0.05, 0.1) is 17.3 Å². The first-order valence-electron chi connectivity index (χ1n) is 8.23. The van der Waals surface area contributed by atoms with Crippen LogP contribution < -0.4 is 0 Å². The Bertz CT molecular complexity index is 630. The summed E-state index contributed by atoms with van der Waals surface area (Å²) in [4.78, 5) is 14.2. The molecule has 0 aromatic rings. The van der Waals surface area contributed by atoms with Crippen molar-refractivity contribution in [3.63, 3.8) is 0 Å². The van der Waals surface area contributed by atoms with Crippen molar-refractivity contribution >= 4 is 25.8 Å². The molecular weight excluding hydrogens is 340 g/mol. The smallest absolute Gasteiger partial charge is 0.224 e. The van der Waals surface area contributed by atoms with Gasteiger partial charge in [0.15, 0.2) is 9.84 Å². The summed E-state index contributed by atoms with van der Waals surface area (Å²) in [5.74, 6) is 0.183. The second-order valence-electron chi connectivity index (χ2n) is 6.32. The standard InChI is InChI=1S/C14H26N2O5S2/c1-2-3-8-16(13-6-11-22(18,19)12-13)14(17)5-9-15-7-4-10-23(15,20)21/h13H,2-12H2,1H3. The van der Waals surface area contributed by atoms with E-state index < -0.39 is 19.9 Å². The molecule has 2 fully saturated rings. The number of carbonyl (C=O) groups excluding carboxylic acids is 1. The van der Waals surface area contributed by atoms with E-state index in [0.717, 1.165) is 12.8 Å². The minimum Gasteiger partial charge on any atom is -0.339 e. The van der Waals surface area contributed by atoms with Crippen molar-refractivity contribution in [3.05, 3.63) is 0 Å². The molecule has 0 spiro atoms. The van der Waals surface area contributed by atoms with Gasteiger partial charge in [-0.2, -0.15) is 0 Å². The highest BCUT2D eigenvalue weighted by Crippen LogP contribution is 2.20. The van der Waals surface area contributed by atoms with E-state index in [1.165, 1.54) is 4.31 Å². The third-order valence-electron chi connectivity index (χ3n) is 4.50. The zero-order chi connectivity index (χ0) is 17.1.